The fourth-order valence-electron chi connectivity index (χ4n) is 1.00. The van der Waals surface area contributed by atoms with E-state index in [0.717, 1.165) is 18.7 Å². The lowest BCUT2D eigenvalue weighted by atomic mass is 10.3. The Morgan fingerprint density at radius 3 is 3.08 bits per heavy atom. The van der Waals surface area contributed by atoms with Crippen LogP contribution in [0.5, 0.6) is 0 Å². The van der Waals surface area contributed by atoms with Crippen molar-refractivity contribution in [1.29, 1.82) is 0 Å². The predicted octanol–water partition coefficient (Wildman–Crippen LogP) is 1.83. The molecule has 1 heterocycles. The van der Waals surface area contributed by atoms with Gasteiger partial charge in [0.15, 0.2) is 0 Å². The van der Waals surface area contributed by atoms with E-state index in [2.05, 4.69) is 16.6 Å². The molecule has 0 aliphatic carbocycles. The van der Waals surface area contributed by atoms with Crippen molar-refractivity contribution in [3.05, 3.63) is 18.5 Å². The maximum atomic E-state index is 5.58. The molecule has 1 aromatic rings. The average molecular weight is 197 g/mol. The molecule has 1 rings (SSSR count). The maximum Gasteiger partial charge on any atom is 0.0547 e. The molecule has 0 unspecified atom stereocenters. The molecule has 0 aliphatic rings. The van der Waals surface area contributed by atoms with Gasteiger partial charge in [0, 0.05) is 12.7 Å². The van der Waals surface area contributed by atoms with E-state index in [4.69, 9.17) is 5.73 Å². The van der Waals surface area contributed by atoms with Gasteiger partial charge in [0.05, 0.1) is 17.6 Å². The topological polar surface area (TPSA) is 50.9 Å². The van der Waals surface area contributed by atoms with Crippen LogP contribution < -0.4 is 11.1 Å². The first-order chi connectivity index (χ1) is 6.33. The van der Waals surface area contributed by atoms with Crippen molar-refractivity contribution in [2.75, 3.05) is 29.6 Å². The standard InChI is InChI=1S/C9H15N3S/c1-13-4-2-3-12-9-5-8(10)6-11-7-9/h5-7,12H,2-4,10H2,1H3. The van der Waals surface area contributed by atoms with E-state index in [0.29, 0.717) is 5.69 Å². The normalized spacial score (nSPS) is 9.92. The summed E-state index contributed by atoms with van der Waals surface area (Å²) in [6.45, 7) is 0.978. The first-order valence-electron chi connectivity index (χ1n) is 4.26. The number of aromatic nitrogens is 1. The summed E-state index contributed by atoms with van der Waals surface area (Å²) in [6, 6.07) is 1.89. The van der Waals surface area contributed by atoms with Crippen LogP contribution >= 0.6 is 11.8 Å². The number of hydrogen-bond donors (Lipinski definition) is 2. The SMILES string of the molecule is CSCCCNc1cncc(N)c1. The summed E-state index contributed by atoms with van der Waals surface area (Å²) < 4.78 is 0. The van der Waals surface area contributed by atoms with Gasteiger partial charge in [-0.3, -0.25) is 4.98 Å². The summed E-state index contributed by atoms with van der Waals surface area (Å²) in [6.07, 6.45) is 6.71. The van der Waals surface area contributed by atoms with Gasteiger partial charge in [-0.05, 0) is 24.5 Å². The number of thioether (sulfide) groups is 1. The third-order valence-corrected chi connectivity index (χ3v) is 2.31. The molecule has 4 heteroatoms. The minimum atomic E-state index is 0.704. The fraction of sp³-hybridized carbons (Fsp3) is 0.444. The third kappa shape index (κ3) is 4.03. The number of anilines is 2. The highest BCUT2D eigenvalue weighted by molar-refractivity contribution is 7.98. The van der Waals surface area contributed by atoms with Crippen molar-refractivity contribution in [2.24, 2.45) is 0 Å². The van der Waals surface area contributed by atoms with Crippen LogP contribution in [0.4, 0.5) is 11.4 Å². The second kappa shape index (κ2) is 5.70. The number of hydrogen-bond acceptors (Lipinski definition) is 4. The molecule has 0 atom stereocenters. The van der Waals surface area contributed by atoms with Crippen LogP contribution in [0, 0.1) is 0 Å². The molecular formula is C9H15N3S. The third-order valence-electron chi connectivity index (χ3n) is 1.61. The fourth-order valence-corrected chi connectivity index (χ4v) is 1.44. The average Bonchev–Trinajstić information content (AvgIpc) is 2.13. The van der Waals surface area contributed by atoms with Crippen LogP contribution in [-0.4, -0.2) is 23.5 Å². The van der Waals surface area contributed by atoms with Crippen LogP contribution in [0.15, 0.2) is 18.5 Å². The molecule has 0 spiro atoms. The maximum absolute atomic E-state index is 5.58. The molecule has 0 aromatic carbocycles. The molecule has 0 fully saturated rings. The number of nitrogens with one attached hydrogen (secondary N) is 1. The van der Waals surface area contributed by atoms with Gasteiger partial charge >= 0.3 is 0 Å². The van der Waals surface area contributed by atoms with Gasteiger partial charge in [0.25, 0.3) is 0 Å². The van der Waals surface area contributed by atoms with Gasteiger partial charge in [-0.1, -0.05) is 0 Å². The Balaban J connectivity index is 2.28. The van der Waals surface area contributed by atoms with Crippen LogP contribution in [0.1, 0.15) is 6.42 Å². The lowest BCUT2D eigenvalue weighted by molar-refractivity contribution is 0.991. The van der Waals surface area contributed by atoms with Crippen LogP contribution in [0.3, 0.4) is 0 Å². The number of nitrogens with zero attached hydrogens (tertiary/aromatic N) is 1. The Kier molecular flexibility index (Phi) is 4.46. The van der Waals surface area contributed by atoms with E-state index < -0.39 is 0 Å². The number of nitrogen functional groups attached to an aromatic ring is 1. The zero-order chi connectivity index (χ0) is 9.52. The molecule has 0 amide bonds. The predicted molar refractivity (Wildman–Crippen MR) is 60.1 cm³/mol. The highest BCUT2D eigenvalue weighted by Crippen LogP contribution is 2.09. The first kappa shape index (κ1) is 10.2. The molecule has 13 heavy (non-hydrogen) atoms. The zero-order valence-electron chi connectivity index (χ0n) is 7.79. The monoisotopic (exact) mass is 197 g/mol. The Labute approximate surface area is 83.1 Å². The van der Waals surface area contributed by atoms with E-state index in [1.165, 1.54) is 5.75 Å². The van der Waals surface area contributed by atoms with Gasteiger partial charge in [-0.2, -0.15) is 11.8 Å². The molecule has 1 aromatic heterocycles. The van der Waals surface area contributed by atoms with Gasteiger partial charge in [-0.25, -0.2) is 0 Å². The van der Waals surface area contributed by atoms with Crippen LogP contribution in [0.2, 0.25) is 0 Å². The van der Waals surface area contributed by atoms with E-state index in [9.17, 15) is 0 Å². The number of rotatable bonds is 5. The van der Waals surface area contributed by atoms with Gasteiger partial charge in [-0.15, -0.1) is 0 Å². The van der Waals surface area contributed by atoms with Crippen LogP contribution in [0.25, 0.3) is 0 Å². The van der Waals surface area contributed by atoms with Gasteiger partial charge in [0.2, 0.25) is 0 Å². The highest BCUT2D eigenvalue weighted by atomic mass is 32.2. The molecule has 0 bridgehead atoms. The number of pyridine rings is 1. The minimum Gasteiger partial charge on any atom is -0.397 e. The van der Waals surface area contributed by atoms with E-state index in [1.807, 2.05) is 17.8 Å². The van der Waals surface area contributed by atoms with Crippen molar-refractivity contribution in [3.63, 3.8) is 0 Å². The molecule has 0 saturated heterocycles. The van der Waals surface area contributed by atoms with E-state index in [1.54, 1.807) is 12.4 Å². The Morgan fingerprint density at radius 2 is 2.38 bits per heavy atom. The molecule has 3 N–H and O–H groups in total. The van der Waals surface area contributed by atoms with E-state index >= 15 is 0 Å². The molecule has 0 radical (unpaired) electrons. The van der Waals surface area contributed by atoms with Gasteiger partial charge < -0.3 is 11.1 Å². The first-order valence-corrected chi connectivity index (χ1v) is 5.65. The summed E-state index contributed by atoms with van der Waals surface area (Å²) >= 11 is 1.86. The van der Waals surface area contributed by atoms with Crippen molar-refractivity contribution in [2.45, 2.75) is 6.42 Å². The summed E-state index contributed by atoms with van der Waals surface area (Å²) in [5, 5.41) is 3.26. The summed E-state index contributed by atoms with van der Waals surface area (Å²) in [5.74, 6) is 1.18. The summed E-state index contributed by atoms with van der Waals surface area (Å²) in [4.78, 5) is 3.99. The molecule has 0 saturated carbocycles. The van der Waals surface area contributed by atoms with E-state index in [-0.39, 0.29) is 0 Å². The van der Waals surface area contributed by atoms with Crippen molar-refractivity contribution in [1.82, 2.24) is 4.98 Å². The second-order valence-electron chi connectivity index (χ2n) is 2.78. The lowest BCUT2D eigenvalue weighted by Crippen LogP contribution is -2.03. The largest absolute Gasteiger partial charge is 0.397 e. The lowest BCUT2D eigenvalue weighted by Gasteiger charge is -2.05. The Hall–Kier alpha value is -0.900. The van der Waals surface area contributed by atoms with Crippen molar-refractivity contribution < 1.29 is 0 Å². The Morgan fingerprint density at radius 1 is 1.54 bits per heavy atom. The molecule has 72 valence electrons. The van der Waals surface area contributed by atoms with Crippen LogP contribution in [-0.2, 0) is 0 Å². The quantitative estimate of drug-likeness (QED) is 0.707. The summed E-state index contributed by atoms with van der Waals surface area (Å²) in [5.41, 5.74) is 7.29. The molecule has 0 aliphatic heterocycles. The van der Waals surface area contributed by atoms with Crippen molar-refractivity contribution in [3.8, 4) is 0 Å². The van der Waals surface area contributed by atoms with Crippen molar-refractivity contribution >= 4 is 23.1 Å². The minimum absolute atomic E-state index is 0.704. The van der Waals surface area contributed by atoms with Gasteiger partial charge in [0.1, 0.15) is 0 Å². The smallest absolute Gasteiger partial charge is 0.0547 e. The highest BCUT2D eigenvalue weighted by Gasteiger charge is 1.92. The second-order valence-corrected chi connectivity index (χ2v) is 3.77. The Bertz CT molecular complexity index is 252. The molecule has 3 nitrogen and oxygen atoms in total. The number of nitrogens with two attached hydrogens (primary N) is 1. The molecular weight excluding hydrogens is 182 g/mol. The summed E-state index contributed by atoms with van der Waals surface area (Å²) in [7, 11) is 0. The zero-order valence-corrected chi connectivity index (χ0v) is 8.60.